The van der Waals surface area contributed by atoms with E-state index < -0.39 is 0 Å². The van der Waals surface area contributed by atoms with Crippen LogP contribution < -0.4 is 0 Å². The summed E-state index contributed by atoms with van der Waals surface area (Å²) in [7, 11) is 0. The summed E-state index contributed by atoms with van der Waals surface area (Å²) in [5.74, 6) is 0. The Labute approximate surface area is 93.5 Å². The van der Waals surface area contributed by atoms with Gasteiger partial charge in [0.25, 0.3) is 0 Å². The summed E-state index contributed by atoms with van der Waals surface area (Å²) in [4.78, 5) is 7.53. The van der Waals surface area contributed by atoms with Gasteiger partial charge in [-0.1, -0.05) is 12.2 Å². The van der Waals surface area contributed by atoms with Crippen LogP contribution in [-0.2, 0) is 6.54 Å². The number of aryl methyl sites for hydroxylation is 1. The molecular formula is C11H13N3S. The van der Waals surface area contributed by atoms with Gasteiger partial charge in [-0.3, -0.25) is 4.57 Å². The van der Waals surface area contributed by atoms with Gasteiger partial charge >= 0.3 is 0 Å². The molecule has 0 spiro atoms. The maximum Gasteiger partial charge on any atom is 0.179 e. The van der Waals surface area contributed by atoms with Crippen molar-refractivity contribution in [1.29, 1.82) is 0 Å². The zero-order chi connectivity index (χ0) is 11.0. The molecule has 0 amide bonds. The smallest absolute Gasteiger partial charge is 0.179 e. The fourth-order valence-electron chi connectivity index (χ4n) is 1.56. The van der Waals surface area contributed by atoms with Crippen LogP contribution in [0.25, 0.3) is 11.2 Å². The summed E-state index contributed by atoms with van der Waals surface area (Å²) in [6, 6.07) is 2.05. The van der Waals surface area contributed by atoms with Crippen molar-refractivity contribution in [2.24, 2.45) is 0 Å². The summed E-state index contributed by atoms with van der Waals surface area (Å²) in [5.41, 5.74) is 4.07. The van der Waals surface area contributed by atoms with Gasteiger partial charge in [0.15, 0.2) is 10.4 Å². The Bertz CT molecular complexity index is 577. The number of rotatable bonds is 2. The zero-order valence-corrected chi connectivity index (χ0v) is 9.69. The lowest BCUT2D eigenvalue weighted by atomic mass is 10.3. The number of H-pyrrole nitrogens is 1. The summed E-state index contributed by atoms with van der Waals surface area (Å²) in [5, 5.41) is 0. The second-order valence-corrected chi connectivity index (χ2v) is 4.24. The van der Waals surface area contributed by atoms with Crippen molar-refractivity contribution in [3.8, 4) is 0 Å². The summed E-state index contributed by atoms with van der Waals surface area (Å²) in [6.07, 6.45) is 1.85. The third-order valence-electron chi connectivity index (χ3n) is 2.17. The number of aromatic nitrogens is 3. The first-order valence-corrected chi connectivity index (χ1v) is 5.18. The number of imidazole rings is 1. The monoisotopic (exact) mass is 219 g/mol. The van der Waals surface area contributed by atoms with Crippen LogP contribution >= 0.6 is 12.2 Å². The normalized spacial score (nSPS) is 10.8. The van der Waals surface area contributed by atoms with Gasteiger partial charge in [-0.15, -0.1) is 0 Å². The fraction of sp³-hybridized carbons (Fsp3) is 0.273. The third kappa shape index (κ3) is 1.85. The number of fused-ring (bicyclic) bond motifs is 1. The molecule has 0 bridgehead atoms. The average Bonchev–Trinajstić information content (AvgIpc) is 2.41. The van der Waals surface area contributed by atoms with Crippen molar-refractivity contribution in [3.05, 3.63) is 34.7 Å². The van der Waals surface area contributed by atoms with E-state index in [-0.39, 0.29) is 0 Å². The molecule has 0 saturated heterocycles. The maximum atomic E-state index is 5.24. The van der Waals surface area contributed by atoms with E-state index in [4.69, 9.17) is 12.2 Å². The standard InChI is InChI=1S/C11H13N3S/c1-7(2)6-14-10-9(13-11(14)15)4-8(3)5-12-10/h4-5H,1,6H2,2-3H3,(H,13,15). The molecule has 0 fully saturated rings. The molecule has 2 aromatic heterocycles. The molecule has 78 valence electrons. The van der Waals surface area contributed by atoms with E-state index in [0.717, 1.165) is 28.8 Å². The zero-order valence-electron chi connectivity index (χ0n) is 8.87. The quantitative estimate of drug-likeness (QED) is 0.622. The van der Waals surface area contributed by atoms with Gasteiger partial charge in [-0.05, 0) is 37.7 Å². The molecule has 0 unspecified atom stereocenters. The van der Waals surface area contributed by atoms with Crippen LogP contribution in [0.4, 0.5) is 0 Å². The second kappa shape index (κ2) is 3.62. The Hall–Kier alpha value is -1.42. The van der Waals surface area contributed by atoms with Gasteiger partial charge in [-0.25, -0.2) is 4.98 Å². The van der Waals surface area contributed by atoms with E-state index in [9.17, 15) is 0 Å². The van der Waals surface area contributed by atoms with Crippen LogP contribution in [0.2, 0.25) is 0 Å². The number of hydrogen-bond acceptors (Lipinski definition) is 2. The fourth-order valence-corrected chi connectivity index (χ4v) is 1.83. The van der Waals surface area contributed by atoms with Gasteiger partial charge in [0.05, 0.1) is 5.52 Å². The molecule has 3 nitrogen and oxygen atoms in total. The molecular weight excluding hydrogens is 206 g/mol. The van der Waals surface area contributed by atoms with Crippen molar-refractivity contribution in [2.75, 3.05) is 0 Å². The lowest BCUT2D eigenvalue weighted by Crippen LogP contribution is -1.99. The predicted molar refractivity (Wildman–Crippen MR) is 64.5 cm³/mol. The highest BCUT2D eigenvalue weighted by Gasteiger charge is 2.05. The molecule has 15 heavy (non-hydrogen) atoms. The van der Waals surface area contributed by atoms with Crippen LogP contribution in [0.1, 0.15) is 12.5 Å². The molecule has 0 aromatic carbocycles. The van der Waals surface area contributed by atoms with Gasteiger partial charge in [0, 0.05) is 12.7 Å². The van der Waals surface area contributed by atoms with Crippen molar-refractivity contribution in [1.82, 2.24) is 14.5 Å². The Morgan fingerprint density at radius 1 is 1.67 bits per heavy atom. The summed E-state index contributed by atoms with van der Waals surface area (Å²) >= 11 is 5.24. The first-order chi connectivity index (χ1) is 7.08. The third-order valence-corrected chi connectivity index (χ3v) is 2.50. The molecule has 0 atom stereocenters. The van der Waals surface area contributed by atoms with Gasteiger partial charge in [0.2, 0.25) is 0 Å². The summed E-state index contributed by atoms with van der Waals surface area (Å²) < 4.78 is 2.66. The lowest BCUT2D eigenvalue weighted by Gasteiger charge is -2.02. The Balaban J connectivity index is 2.68. The Morgan fingerprint density at radius 3 is 3.07 bits per heavy atom. The molecule has 0 aliphatic rings. The molecule has 2 rings (SSSR count). The lowest BCUT2D eigenvalue weighted by molar-refractivity contribution is 0.788. The van der Waals surface area contributed by atoms with Crippen molar-refractivity contribution < 1.29 is 0 Å². The topological polar surface area (TPSA) is 33.6 Å². The minimum atomic E-state index is 0.700. The van der Waals surface area contributed by atoms with E-state index in [1.807, 2.05) is 30.7 Å². The number of hydrogen-bond donors (Lipinski definition) is 1. The summed E-state index contributed by atoms with van der Waals surface area (Å²) in [6.45, 7) is 8.60. The van der Waals surface area contributed by atoms with Gasteiger partial charge in [0.1, 0.15) is 0 Å². The highest BCUT2D eigenvalue weighted by molar-refractivity contribution is 7.71. The van der Waals surface area contributed by atoms with Crippen LogP contribution in [0.5, 0.6) is 0 Å². The largest absolute Gasteiger partial charge is 0.329 e. The minimum absolute atomic E-state index is 0.700. The van der Waals surface area contributed by atoms with E-state index in [2.05, 4.69) is 16.5 Å². The molecule has 4 heteroatoms. The van der Waals surface area contributed by atoms with Crippen LogP contribution in [0.15, 0.2) is 24.4 Å². The second-order valence-electron chi connectivity index (χ2n) is 3.86. The molecule has 0 saturated carbocycles. The number of nitrogens with zero attached hydrogens (tertiary/aromatic N) is 2. The average molecular weight is 219 g/mol. The molecule has 0 aliphatic heterocycles. The SMILES string of the molecule is C=C(C)Cn1c(=S)[nH]c2cc(C)cnc21. The van der Waals surface area contributed by atoms with Gasteiger partial charge < -0.3 is 4.98 Å². The highest BCUT2D eigenvalue weighted by Crippen LogP contribution is 2.13. The van der Waals surface area contributed by atoms with Crippen molar-refractivity contribution >= 4 is 23.4 Å². The van der Waals surface area contributed by atoms with Crippen LogP contribution in [0, 0.1) is 11.7 Å². The molecule has 2 aromatic rings. The maximum absolute atomic E-state index is 5.24. The van der Waals surface area contributed by atoms with E-state index in [1.54, 1.807) is 0 Å². The predicted octanol–water partition coefficient (Wildman–Crippen LogP) is 2.98. The van der Waals surface area contributed by atoms with Crippen LogP contribution in [0.3, 0.4) is 0 Å². The van der Waals surface area contributed by atoms with Crippen molar-refractivity contribution in [2.45, 2.75) is 20.4 Å². The van der Waals surface area contributed by atoms with Gasteiger partial charge in [-0.2, -0.15) is 0 Å². The molecule has 0 radical (unpaired) electrons. The van der Waals surface area contributed by atoms with E-state index in [0.29, 0.717) is 4.77 Å². The number of allylic oxidation sites excluding steroid dienone is 1. The minimum Gasteiger partial charge on any atom is -0.329 e. The number of aromatic amines is 1. The number of nitrogens with one attached hydrogen (secondary N) is 1. The van der Waals surface area contributed by atoms with E-state index in [1.165, 1.54) is 0 Å². The van der Waals surface area contributed by atoms with Crippen molar-refractivity contribution in [3.63, 3.8) is 0 Å². The highest BCUT2D eigenvalue weighted by atomic mass is 32.1. The number of pyridine rings is 1. The first-order valence-electron chi connectivity index (χ1n) is 4.77. The Kier molecular flexibility index (Phi) is 2.44. The van der Waals surface area contributed by atoms with E-state index >= 15 is 0 Å². The molecule has 0 aliphatic carbocycles. The molecule has 2 heterocycles. The van der Waals surface area contributed by atoms with Crippen LogP contribution in [-0.4, -0.2) is 14.5 Å². The Morgan fingerprint density at radius 2 is 2.40 bits per heavy atom. The molecule has 1 N–H and O–H groups in total. The first kappa shape index (κ1) is 10.1.